The lowest BCUT2D eigenvalue weighted by atomic mass is 10.0. The molecule has 0 aliphatic carbocycles. The molecule has 2 aromatic carbocycles. The number of unbranched alkanes of at least 4 members (excludes halogenated alkanes) is 1. The maximum atomic E-state index is 13.0. The van der Waals surface area contributed by atoms with Crippen LogP contribution in [0.2, 0.25) is 0 Å². The molecule has 6 rings (SSSR count). The Labute approximate surface area is 277 Å². The number of methoxy groups -OCH3 is 1. The second-order valence-electron chi connectivity index (χ2n) is 12.8. The van der Waals surface area contributed by atoms with Crippen molar-refractivity contribution in [2.45, 2.75) is 57.2 Å². The molecule has 1 atom stereocenters. The number of fused-ring (bicyclic) bond motifs is 1. The third-order valence-corrected chi connectivity index (χ3v) is 9.96. The van der Waals surface area contributed by atoms with E-state index < -0.39 is 11.9 Å². The number of benzene rings is 2. The van der Waals surface area contributed by atoms with Crippen molar-refractivity contribution in [2.75, 3.05) is 76.8 Å². The van der Waals surface area contributed by atoms with Gasteiger partial charge in [0.2, 0.25) is 11.8 Å². The summed E-state index contributed by atoms with van der Waals surface area (Å²) in [6.07, 6.45) is 5.03. The fraction of sp³-hybridized carbons (Fsp3) is 0.528. The third-order valence-electron chi connectivity index (χ3n) is 9.96. The van der Waals surface area contributed by atoms with E-state index in [1.165, 1.54) is 18.5 Å². The molecular formula is C36H46N6O5. The number of hydrogen-bond acceptors (Lipinski definition) is 9. The Kier molecular flexibility index (Phi) is 10.6. The molecule has 0 bridgehead atoms. The number of ether oxygens (including phenoxy) is 2. The summed E-state index contributed by atoms with van der Waals surface area (Å²) in [6, 6.07) is 11.6. The number of carbonyl (C=O) groups excluding carboxylic acids is 3. The summed E-state index contributed by atoms with van der Waals surface area (Å²) in [5.41, 5.74) is 10.0. The van der Waals surface area contributed by atoms with Crippen molar-refractivity contribution in [3.63, 3.8) is 0 Å². The number of piperidine rings is 2. The predicted molar refractivity (Wildman–Crippen MR) is 180 cm³/mol. The van der Waals surface area contributed by atoms with Crippen LogP contribution in [-0.4, -0.2) is 111 Å². The molecule has 0 radical (unpaired) electrons. The van der Waals surface area contributed by atoms with E-state index in [9.17, 15) is 14.4 Å². The molecule has 250 valence electrons. The van der Waals surface area contributed by atoms with E-state index in [4.69, 9.17) is 15.2 Å². The van der Waals surface area contributed by atoms with Gasteiger partial charge in [-0.15, -0.1) is 0 Å². The summed E-state index contributed by atoms with van der Waals surface area (Å²) in [5, 5.41) is 2.35. The van der Waals surface area contributed by atoms with Gasteiger partial charge in [-0.05, 0) is 68.5 Å². The lowest BCUT2D eigenvalue weighted by Gasteiger charge is -2.43. The maximum Gasteiger partial charge on any atom is 0.255 e. The molecule has 47 heavy (non-hydrogen) atoms. The van der Waals surface area contributed by atoms with Crippen LogP contribution in [0.3, 0.4) is 0 Å². The molecule has 0 spiro atoms. The summed E-state index contributed by atoms with van der Waals surface area (Å²) in [7, 11) is 1.66. The first-order chi connectivity index (χ1) is 22.9. The van der Waals surface area contributed by atoms with Crippen LogP contribution in [0.15, 0.2) is 36.4 Å². The summed E-state index contributed by atoms with van der Waals surface area (Å²) < 4.78 is 11.2. The molecule has 0 saturated carbocycles. The lowest BCUT2D eigenvalue weighted by molar-refractivity contribution is -0.136. The van der Waals surface area contributed by atoms with Crippen LogP contribution in [0.4, 0.5) is 11.4 Å². The Hall–Kier alpha value is -4.11. The van der Waals surface area contributed by atoms with Gasteiger partial charge in [0.25, 0.3) is 5.91 Å². The molecule has 4 aliphatic rings. The second kappa shape index (κ2) is 15.2. The van der Waals surface area contributed by atoms with Gasteiger partial charge in [-0.1, -0.05) is 17.9 Å². The van der Waals surface area contributed by atoms with Gasteiger partial charge >= 0.3 is 0 Å². The molecule has 11 nitrogen and oxygen atoms in total. The molecule has 0 aromatic heterocycles. The zero-order chi connectivity index (χ0) is 32.8. The number of nitrogen functional groups attached to an aromatic ring is 1. The van der Waals surface area contributed by atoms with Crippen LogP contribution < -0.4 is 20.7 Å². The molecule has 2 aromatic rings. The van der Waals surface area contributed by atoms with E-state index in [0.717, 1.165) is 75.5 Å². The van der Waals surface area contributed by atoms with Gasteiger partial charge in [-0.2, -0.15) is 0 Å². The van der Waals surface area contributed by atoms with E-state index in [1.807, 2.05) is 24.3 Å². The smallest absolute Gasteiger partial charge is 0.255 e. The number of piperazine rings is 1. The van der Waals surface area contributed by atoms with E-state index in [-0.39, 0.29) is 18.2 Å². The number of imide groups is 1. The molecule has 4 heterocycles. The van der Waals surface area contributed by atoms with Crippen molar-refractivity contribution in [1.29, 1.82) is 0 Å². The van der Waals surface area contributed by atoms with Crippen LogP contribution in [0.25, 0.3) is 0 Å². The highest BCUT2D eigenvalue weighted by Crippen LogP contribution is 2.31. The number of nitrogens with two attached hydrogens (primary N) is 1. The first-order valence-corrected chi connectivity index (χ1v) is 16.9. The highest BCUT2D eigenvalue weighted by Gasteiger charge is 2.39. The van der Waals surface area contributed by atoms with E-state index >= 15 is 0 Å². The molecule has 3 N–H and O–H groups in total. The number of nitrogens with one attached hydrogen (secondary N) is 1. The Morgan fingerprint density at radius 3 is 2.55 bits per heavy atom. The fourth-order valence-electron chi connectivity index (χ4n) is 7.23. The average molecular weight is 643 g/mol. The molecule has 3 amide bonds. The Morgan fingerprint density at radius 1 is 0.979 bits per heavy atom. The average Bonchev–Trinajstić information content (AvgIpc) is 3.43. The molecule has 11 heteroatoms. The summed E-state index contributed by atoms with van der Waals surface area (Å²) in [6.45, 7) is 9.02. The minimum Gasteiger partial charge on any atom is -0.495 e. The van der Waals surface area contributed by atoms with Crippen molar-refractivity contribution in [2.24, 2.45) is 0 Å². The SMILES string of the molecule is COc1cc(N2CCC(N3CCN(CCCCOCC#Cc4cccc5c4CN(C4CCC(=O)NC4=O)C5=O)CC3)CC2)ccc1N. The first-order valence-electron chi connectivity index (χ1n) is 16.9. The zero-order valence-corrected chi connectivity index (χ0v) is 27.3. The van der Waals surface area contributed by atoms with Crippen molar-refractivity contribution < 1.29 is 23.9 Å². The van der Waals surface area contributed by atoms with Gasteiger partial charge in [0.05, 0.1) is 12.8 Å². The highest BCUT2D eigenvalue weighted by atomic mass is 16.5. The van der Waals surface area contributed by atoms with Crippen LogP contribution in [0.1, 0.15) is 60.0 Å². The van der Waals surface area contributed by atoms with Crippen molar-refractivity contribution >= 4 is 29.1 Å². The van der Waals surface area contributed by atoms with Crippen LogP contribution in [-0.2, 0) is 20.9 Å². The van der Waals surface area contributed by atoms with Crippen LogP contribution in [0, 0.1) is 11.8 Å². The minimum atomic E-state index is -0.628. The maximum absolute atomic E-state index is 13.0. The molecular weight excluding hydrogens is 596 g/mol. The number of carbonyl (C=O) groups is 3. The quantitative estimate of drug-likeness (QED) is 0.174. The van der Waals surface area contributed by atoms with E-state index in [0.29, 0.717) is 43.5 Å². The van der Waals surface area contributed by atoms with Gasteiger partial charge in [0.15, 0.2) is 0 Å². The molecule has 3 saturated heterocycles. The normalized spacial score (nSPS) is 21.0. The van der Waals surface area contributed by atoms with Gasteiger partial charge in [0.1, 0.15) is 18.4 Å². The Bertz CT molecular complexity index is 1520. The predicted octanol–water partition coefficient (Wildman–Crippen LogP) is 2.47. The monoisotopic (exact) mass is 642 g/mol. The van der Waals surface area contributed by atoms with Gasteiger partial charge in [-0.3, -0.25) is 24.6 Å². The fourth-order valence-corrected chi connectivity index (χ4v) is 7.23. The Morgan fingerprint density at radius 2 is 1.79 bits per heavy atom. The summed E-state index contributed by atoms with van der Waals surface area (Å²) in [5.74, 6) is 6.12. The van der Waals surface area contributed by atoms with Crippen molar-refractivity contribution in [1.82, 2.24) is 20.0 Å². The summed E-state index contributed by atoms with van der Waals surface area (Å²) in [4.78, 5) is 46.1. The van der Waals surface area contributed by atoms with Gasteiger partial charge < -0.3 is 29.9 Å². The second-order valence-corrected chi connectivity index (χ2v) is 12.8. The number of rotatable bonds is 10. The molecule has 4 aliphatic heterocycles. The van der Waals surface area contributed by atoms with E-state index in [1.54, 1.807) is 18.1 Å². The number of anilines is 2. The number of nitrogens with zero attached hydrogens (tertiary/aromatic N) is 4. The minimum absolute atomic E-state index is 0.187. The molecule has 3 fully saturated rings. The largest absolute Gasteiger partial charge is 0.495 e. The van der Waals surface area contributed by atoms with Crippen LogP contribution in [0.5, 0.6) is 5.75 Å². The van der Waals surface area contributed by atoms with E-state index in [2.05, 4.69) is 37.9 Å². The highest BCUT2D eigenvalue weighted by molar-refractivity contribution is 6.05. The lowest BCUT2D eigenvalue weighted by Crippen LogP contribution is -2.53. The number of hydrogen-bond donors (Lipinski definition) is 2. The number of amides is 3. The molecule has 1 unspecified atom stereocenters. The summed E-state index contributed by atoms with van der Waals surface area (Å²) >= 11 is 0. The van der Waals surface area contributed by atoms with Crippen molar-refractivity contribution in [3.05, 3.63) is 53.1 Å². The topological polar surface area (TPSA) is 121 Å². The zero-order valence-electron chi connectivity index (χ0n) is 27.3. The first kappa shape index (κ1) is 32.8. The Balaban J connectivity index is 0.856. The third kappa shape index (κ3) is 7.73. The standard InChI is InChI=1S/C36H46N6O5/c1-46-33-24-28(9-10-31(33)37)40-16-13-27(14-17-40)41-20-18-39(19-21-41)15-2-3-22-47-23-5-7-26-6-4-8-29-30(26)25-42(36(29)45)32-11-12-34(43)38-35(32)44/h4,6,8-10,24,27,32H,2-3,11-23,25,37H2,1H3,(H,38,43,44). The van der Waals surface area contributed by atoms with Gasteiger partial charge in [-0.25, -0.2) is 0 Å². The van der Waals surface area contributed by atoms with Crippen molar-refractivity contribution in [3.8, 4) is 17.6 Å². The van der Waals surface area contributed by atoms with Gasteiger partial charge in [0, 0.05) is 87.8 Å². The van der Waals surface area contributed by atoms with Crippen LogP contribution >= 0.6 is 0 Å².